The molecule has 0 aliphatic carbocycles. The lowest BCUT2D eigenvalue weighted by Gasteiger charge is -2.08. The first-order chi connectivity index (χ1) is 8.88. The summed E-state index contributed by atoms with van der Waals surface area (Å²) >= 11 is 8.51. The third-order valence-corrected chi connectivity index (χ3v) is 2.95. The number of nitrogens with zero attached hydrogens (tertiary/aromatic N) is 1. The van der Waals surface area contributed by atoms with Gasteiger partial charge in [0.05, 0.1) is 9.50 Å². The Bertz CT molecular complexity index is 598. The minimum Gasteiger partial charge on any atom is -0.435 e. The van der Waals surface area contributed by atoms with Crippen molar-refractivity contribution in [2.75, 3.05) is 0 Å². The van der Waals surface area contributed by atoms with E-state index in [9.17, 15) is 17.6 Å². The number of ether oxygens (including phenoxy) is 1. The van der Waals surface area contributed by atoms with Gasteiger partial charge in [0.25, 0.3) is 11.8 Å². The van der Waals surface area contributed by atoms with Crippen LogP contribution < -0.4 is 4.74 Å². The second-order valence-corrected chi connectivity index (χ2v) is 4.61. The third-order valence-electron chi connectivity index (χ3n) is 2.04. The molecule has 0 unspecified atom stereocenters. The molecule has 2 nitrogen and oxygen atoms in total. The van der Waals surface area contributed by atoms with Gasteiger partial charge < -0.3 is 4.74 Å². The Kier molecular flexibility index (Phi) is 3.96. The molecule has 0 aliphatic rings. The van der Waals surface area contributed by atoms with Crippen molar-refractivity contribution >= 4 is 27.5 Å². The van der Waals surface area contributed by atoms with Crippen molar-refractivity contribution in [3.63, 3.8) is 0 Å². The number of pyridine rings is 1. The quantitative estimate of drug-likeness (QED) is 0.436. The third kappa shape index (κ3) is 2.98. The van der Waals surface area contributed by atoms with Crippen LogP contribution in [0.2, 0.25) is 5.02 Å². The maximum atomic E-state index is 13.3. The van der Waals surface area contributed by atoms with Crippen molar-refractivity contribution in [1.29, 1.82) is 0 Å². The van der Waals surface area contributed by atoms with E-state index in [0.29, 0.717) is 0 Å². The van der Waals surface area contributed by atoms with Gasteiger partial charge in [-0.3, -0.25) is 0 Å². The van der Waals surface area contributed by atoms with E-state index in [-0.39, 0.29) is 21.3 Å². The Morgan fingerprint density at radius 1 is 1.00 bits per heavy atom. The van der Waals surface area contributed by atoms with Crippen molar-refractivity contribution in [2.45, 2.75) is 0 Å². The molecule has 19 heavy (non-hydrogen) atoms. The zero-order valence-electron chi connectivity index (χ0n) is 8.86. The molecule has 8 heteroatoms. The molecule has 0 N–H and O–H groups in total. The zero-order chi connectivity index (χ0) is 14.2. The summed E-state index contributed by atoms with van der Waals surface area (Å²) in [6.45, 7) is 0. The lowest BCUT2D eigenvalue weighted by atomic mass is 10.3. The lowest BCUT2D eigenvalue weighted by molar-refractivity contribution is 0.384. The van der Waals surface area contributed by atoms with Crippen LogP contribution in [0.25, 0.3) is 0 Å². The summed E-state index contributed by atoms with van der Waals surface area (Å²) in [6.07, 6.45) is 0. The summed E-state index contributed by atoms with van der Waals surface area (Å²) in [7, 11) is 0. The highest BCUT2D eigenvalue weighted by Crippen LogP contribution is 2.34. The molecule has 0 amide bonds. The number of hydrogen-bond acceptors (Lipinski definition) is 2. The van der Waals surface area contributed by atoms with E-state index in [1.807, 2.05) is 0 Å². The molecular formula is C11H3BrClF4NO. The van der Waals surface area contributed by atoms with Crippen molar-refractivity contribution in [3.8, 4) is 11.6 Å². The summed E-state index contributed by atoms with van der Waals surface area (Å²) in [6, 6.07) is 2.30. The molecule has 100 valence electrons. The standard InChI is InChI=1S/C11H3BrClF4NO/c12-4-1-5(13)6(14)3-9(4)19-11-8(16)2-7(15)10(17)18-11/h1-3H. The molecular weight excluding hydrogens is 353 g/mol. The highest BCUT2D eigenvalue weighted by Gasteiger charge is 2.16. The molecule has 0 saturated heterocycles. The lowest BCUT2D eigenvalue weighted by Crippen LogP contribution is -1.98. The molecule has 0 atom stereocenters. The molecule has 2 aromatic rings. The fraction of sp³-hybridized carbons (Fsp3) is 0. The monoisotopic (exact) mass is 355 g/mol. The number of aromatic nitrogens is 1. The van der Waals surface area contributed by atoms with Gasteiger partial charge in [-0.2, -0.15) is 9.37 Å². The SMILES string of the molecule is Fc1cc(Oc2nc(F)c(F)cc2F)c(Br)cc1Cl. The van der Waals surface area contributed by atoms with Crippen molar-refractivity contribution < 1.29 is 22.3 Å². The fourth-order valence-electron chi connectivity index (χ4n) is 1.19. The Morgan fingerprint density at radius 3 is 2.37 bits per heavy atom. The molecule has 0 bridgehead atoms. The Balaban J connectivity index is 2.42. The molecule has 0 aliphatic heterocycles. The van der Waals surface area contributed by atoms with E-state index in [1.54, 1.807) is 0 Å². The predicted molar refractivity (Wildman–Crippen MR) is 63.3 cm³/mol. The van der Waals surface area contributed by atoms with Crippen LogP contribution >= 0.6 is 27.5 Å². The summed E-state index contributed by atoms with van der Waals surface area (Å²) in [5, 5.41) is -0.182. The number of halogens is 6. The van der Waals surface area contributed by atoms with E-state index < -0.39 is 29.3 Å². The van der Waals surface area contributed by atoms with Crippen LogP contribution in [0.15, 0.2) is 22.7 Å². The Morgan fingerprint density at radius 2 is 1.68 bits per heavy atom. The summed E-state index contributed by atoms with van der Waals surface area (Å²) in [4.78, 5) is 2.95. The van der Waals surface area contributed by atoms with Crippen molar-refractivity contribution in [3.05, 3.63) is 51.1 Å². The van der Waals surface area contributed by atoms with E-state index >= 15 is 0 Å². The van der Waals surface area contributed by atoms with Crippen LogP contribution in [-0.2, 0) is 0 Å². The van der Waals surface area contributed by atoms with E-state index in [2.05, 4.69) is 20.9 Å². The molecule has 1 heterocycles. The molecule has 0 saturated carbocycles. The summed E-state index contributed by atoms with van der Waals surface area (Å²) < 4.78 is 57.1. The van der Waals surface area contributed by atoms with Gasteiger partial charge in [0.1, 0.15) is 11.6 Å². The normalized spacial score (nSPS) is 10.6. The van der Waals surface area contributed by atoms with Crippen molar-refractivity contribution in [2.24, 2.45) is 0 Å². The summed E-state index contributed by atoms with van der Waals surface area (Å²) in [5.74, 6) is -6.02. The number of benzene rings is 1. The second-order valence-electron chi connectivity index (χ2n) is 3.35. The molecule has 2 rings (SSSR count). The maximum absolute atomic E-state index is 13.3. The summed E-state index contributed by atoms with van der Waals surface area (Å²) in [5.41, 5.74) is 0. The smallest absolute Gasteiger partial charge is 0.258 e. The predicted octanol–water partition coefficient (Wildman–Crippen LogP) is 4.85. The Labute approximate surface area is 118 Å². The molecule has 0 radical (unpaired) electrons. The maximum Gasteiger partial charge on any atom is 0.258 e. The van der Waals surface area contributed by atoms with Gasteiger partial charge in [0.2, 0.25) is 0 Å². The first-order valence-corrected chi connectivity index (χ1v) is 5.89. The first kappa shape index (κ1) is 14.1. The van der Waals surface area contributed by atoms with Gasteiger partial charge in [-0.05, 0) is 22.0 Å². The van der Waals surface area contributed by atoms with Crippen LogP contribution in [-0.4, -0.2) is 4.98 Å². The fourth-order valence-corrected chi connectivity index (χ4v) is 1.91. The Hall–Kier alpha value is -1.34. The average molecular weight is 356 g/mol. The number of hydrogen-bond donors (Lipinski definition) is 0. The van der Waals surface area contributed by atoms with Crippen LogP contribution in [0, 0.1) is 23.4 Å². The van der Waals surface area contributed by atoms with Gasteiger partial charge >= 0.3 is 0 Å². The van der Waals surface area contributed by atoms with Gasteiger partial charge in [-0.25, -0.2) is 13.2 Å². The first-order valence-electron chi connectivity index (χ1n) is 4.72. The zero-order valence-corrected chi connectivity index (χ0v) is 11.2. The van der Waals surface area contributed by atoms with E-state index in [1.165, 1.54) is 6.07 Å². The molecule has 1 aromatic heterocycles. The molecule has 0 fully saturated rings. The van der Waals surface area contributed by atoms with Crippen LogP contribution in [0.1, 0.15) is 0 Å². The topological polar surface area (TPSA) is 22.1 Å². The van der Waals surface area contributed by atoms with Crippen LogP contribution in [0.3, 0.4) is 0 Å². The van der Waals surface area contributed by atoms with Gasteiger partial charge in [0, 0.05) is 12.1 Å². The van der Waals surface area contributed by atoms with Gasteiger partial charge in [0.15, 0.2) is 11.6 Å². The van der Waals surface area contributed by atoms with Crippen molar-refractivity contribution in [1.82, 2.24) is 4.98 Å². The van der Waals surface area contributed by atoms with Crippen LogP contribution in [0.4, 0.5) is 17.6 Å². The van der Waals surface area contributed by atoms with Gasteiger partial charge in [-0.15, -0.1) is 0 Å². The van der Waals surface area contributed by atoms with E-state index in [0.717, 1.165) is 6.07 Å². The number of rotatable bonds is 2. The van der Waals surface area contributed by atoms with Gasteiger partial charge in [-0.1, -0.05) is 11.6 Å². The molecule has 0 spiro atoms. The van der Waals surface area contributed by atoms with E-state index in [4.69, 9.17) is 16.3 Å². The largest absolute Gasteiger partial charge is 0.435 e. The highest BCUT2D eigenvalue weighted by atomic mass is 79.9. The minimum absolute atomic E-state index is 0.181. The highest BCUT2D eigenvalue weighted by molar-refractivity contribution is 9.10. The minimum atomic E-state index is -1.53. The van der Waals surface area contributed by atoms with Crippen LogP contribution in [0.5, 0.6) is 11.6 Å². The second kappa shape index (κ2) is 5.34. The average Bonchev–Trinajstić information content (AvgIpc) is 2.32. The molecule has 1 aromatic carbocycles.